The lowest BCUT2D eigenvalue weighted by atomic mass is 10.1. The van der Waals surface area contributed by atoms with E-state index in [9.17, 15) is 13.2 Å². The van der Waals surface area contributed by atoms with Gasteiger partial charge in [-0.25, -0.2) is 8.42 Å². The Morgan fingerprint density at radius 1 is 1.10 bits per heavy atom. The van der Waals surface area contributed by atoms with Crippen molar-refractivity contribution in [3.63, 3.8) is 0 Å². The highest BCUT2D eigenvalue weighted by molar-refractivity contribution is 7.98. The zero-order valence-corrected chi connectivity index (χ0v) is 20.1. The average Bonchev–Trinajstić information content (AvgIpc) is 2.65. The van der Waals surface area contributed by atoms with Gasteiger partial charge in [0, 0.05) is 18.1 Å². The summed E-state index contributed by atoms with van der Waals surface area (Å²) in [5.41, 5.74) is 5.00. The summed E-state index contributed by atoms with van der Waals surface area (Å²) in [5, 5.41) is 2.92. The Morgan fingerprint density at radius 3 is 2.30 bits per heavy atom. The van der Waals surface area contributed by atoms with Gasteiger partial charge >= 0.3 is 0 Å². The van der Waals surface area contributed by atoms with Gasteiger partial charge in [0.1, 0.15) is 6.04 Å². The number of anilines is 1. The Kier molecular flexibility index (Phi) is 8.79. The number of aryl methyl sites for hydroxylation is 3. The van der Waals surface area contributed by atoms with Crippen LogP contribution in [0, 0.1) is 20.8 Å². The zero-order chi connectivity index (χ0) is 22.3. The smallest absolute Gasteiger partial charge is 0.243 e. The summed E-state index contributed by atoms with van der Waals surface area (Å²) in [5.74, 6) is 1.38. The highest BCUT2D eigenvalue weighted by Crippen LogP contribution is 2.25. The lowest BCUT2D eigenvalue weighted by molar-refractivity contribution is -0.122. The Labute approximate surface area is 185 Å². The largest absolute Gasteiger partial charge is 0.353 e. The van der Waals surface area contributed by atoms with Gasteiger partial charge in [-0.05, 0) is 61.6 Å². The topological polar surface area (TPSA) is 66.5 Å². The van der Waals surface area contributed by atoms with Gasteiger partial charge < -0.3 is 5.32 Å². The van der Waals surface area contributed by atoms with E-state index >= 15 is 0 Å². The van der Waals surface area contributed by atoms with Crippen LogP contribution >= 0.6 is 11.8 Å². The normalized spacial score (nSPS) is 12.4. The molecule has 0 heterocycles. The third-order valence-electron chi connectivity index (χ3n) is 4.86. The van der Waals surface area contributed by atoms with Crippen molar-refractivity contribution >= 4 is 33.4 Å². The average molecular weight is 449 g/mol. The van der Waals surface area contributed by atoms with E-state index in [-0.39, 0.29) is 5.91 Å². The van der Waals surface area contributed by atoms with Gasteiger partial charge in [0.15, 0.2) is 0 Å². The predicted octanol–water partition coefficient (Wildman–Crippen LogP) is 4.21. The minimum Gasteiger partial charge on any atom is -0.353 e. The zero-order valence-electron chi connectivity index (χ0n) is 18.4. The first-order valence-corrected chi connectivity index (χ1v) is 13.1. The minimum atomic E-state index is -3.62. The molecule has 0 aromatic heterocycles. The third kappa shape index (κ3) is 6.77. The highest BCUT2D eigenvalue weighted by Gasteiger charge is 2.31. The molecule has 2 rings (SSSR count). The van der Waals surface area contributed by atoms with Crippen molar-refractivity contribution in [1.82, 2.24) is 5.32 Å². The quantitative estimate of drug-likeness (QED) is 0.553. The number of benzene rings is 2. The molecular formula is C23H32N2O3S2. The van der Waals surface area contributed by atoms with Crippen molar-refractivity contribution in [3.05, 3.63) is 64.7 Å². The van der Waals surface area contributed by atoms with Crippen molar-refractivity contribution in [2.24, 2.45) is 0 Å². The molecule has 0 saturated carbocycles. The van der Waals surface area contributed by atoms with Crippen molar-refractivity contribution < 1.29 is 13.2 Å². The first-order chi connectivity index (χ1) is 14.1. The van der Waals surface area contributed by atoms with E-state index in [1.165, 1.54) is 15.4 Å². The maximum absolute atomic E-state index is 12.9. The van der Waals surface area contributed by atoms with Crippen LogP contribution in [0.4, 0.5) is 5.69 Å². The van der Waals surface area contributed by atoms with E-state index in [1.54, 1.807) is 11.8 Å². The van der Waals surface area contributed by atoms with E-state index in [0.717, 1.165) is 28.9 Å². The molecule has 7 heteroatoms. The number of hydrogen-bond donors (Lipinski definition) is 1. The molecule has 2 aromatic rings. The molecule has 30 heavy (non-hydrogen) atoms. The van der Waals surface area contributed by atoms with E-state index in [2.05, 4.69) is 24.4 Å². The fourth-order valence-corrected chi connectivity index (χ4v) is 5.59. The van der Waals surface area contributed by atoms with Crippen LogP contribution in [0.3, 0.4) is 0 Å². The van der Waals surface area contributed by atoms with Crippen molar-refractivity contribution in [1.29, 1.82) is 0 Å². The number of nitrogens with zero attached hydrogens (tertiary/aromatic N) is 1. The van der Waals surface area contributed by atoms with E-state index < -0.39 is 16.1 Å². The molecule has 0 spiro atoms. The van der Waals surface area contributed by atoms with Crippen LogP contribution in [0.15, 0.2) is 42.5 Å². The second-order valence-corrected chi connectivity index (χ2v) is 10.6. The molecule has 1 N–H and O–H groups in total. The van der Waals surface area contributed by atoms with Crippen LogP contribution in [-0.2, 0) is 20.6 Å². The first kappa shape index (κ1) is 24.3. The summed E-state index contributed by atoms with van der Waals surface area (Å²) in [6.07, 6.45) is 1.54. The molecule has 0 aliphatic heterocycles. The monoisotopic (exact) mass is 448 g/mol. The lowest BCUT2D eigenvalue weighted by Crippen LogP contribution is -2.49. The molecule has 5 nitrogen and oxygen atoms in total. The second-order valence-electron chi connectivity index (χ2n) is 7.60. The number of carbonyl (C=O) groups excluding carboxylic acids is 1. The third-order valence-corrected chi connectivity index (χ3v) is 7.04. The van der Waals surface area contributed by atoms with E-state index in [4.69, 9.17) is 0 Å². The summed E-state index contributed by atoms with van der Waals surface area (Å²) in [7, 11) is -3.62. The summed E-state index contributed by atoms with van der Waals surface area (Å²) < 4.78 is 26.4. The summed E-state index contributed by atoms with van der Waals surface area (Å²) in [6, 6.07) is 13.1. The predicted molar refractivity (Wildman–Crippen MR) is 128 cm³/mol. The van der Waals surface area contributed by atoms with Crippen LogP contribution < -0.4 is 9.62 Å². The number of rotatable bonds is 10. The Bertz CT molecular complexity index is 954. The highest BCUT2D eigenvalue weighted by atomic mass is 32.2. The van der Waals surface area contributed by atoms with Crippen LogP contribution in [0.25, 0.3) is 0 Å². The van der Waals surface area contributed by atoms with Gasteiger partial charge in [0.25, 0.3) is 0 Å². The molecule has 0 saturated heterocycles. The van der Waals surface area contributed by atoms with Gasteiger partial charge in [-0.3, -0.25) is 9.10 Å². The Morgan fingerprint density at radius 2 is 1.73 bits per heavy atom. The maximum Gasteiger partial charge on any atom is 0.243 e. The second kappa shape index (κ2) is 10.9. The van der Waals surface area contributed by atoms with Crippen LogP contribution in [0.1, 0.15) is 35.6 Å². The number of hydrogen-bond acceptors (Lipinski definition) is 4. The molecule has 0 bridgehead atoms. The van der Waals surface area contributed by atoms with E-state index in [0.29, 0.717) is 18.7 Å². The van der Waals surface area contributed by atoms with Crippen LogP contribution in [-0.4, -0.2) is 38.9 Å². The number of amides is 1. The Balaban J connectivity index is 2.02. The number of thioether (sulfide) groups is 1. The van der Waals surface area contributed by atoms with Gasteiger partial charge in [-0.2, -0.15) is 11.8 Å². The molecule has 1 atom stereocenters. The van der Waals surface area contributed by atoms with Gasteiger partial charge in [0.2, 0.25) is 15.9 Å². The number of carbonyl (C=O) groups is 1. The molecule has 1 unspecified atom stereocenters. The molecular weight excluding hydrogens is 416 g/mol. The fraction of sp³-hybridized carbons (Fsp3) is 0.435. The van der Waals surface area contributed by atoms with Crippen LogP contribution in [0.5, 0.6) is 0 Å². The fourth-order valence-electron chi connectivity index (χ4n) is 3.46. The molecule has 0 aliphatic rings. The van der Waals surface area contributed by atoms with Crippen molar-refractivity contribution in [3.8, 4) is 0 Å². The first-order valence-electron chi connectivity index (χ1n) is 10.1. The molecule has 1 amide bonds. The standard InChI is InChI=1S/C23H32N2O3S2/c1-6-22(25(30(5,27)28)21-14-17(2)13-18(3)15-21)23(26)24-11-12-29-16-20-10-8-7-9-19(20)4/h7-10,13-15,22H,6,11-12,16H2,1-5H3,(H,24,26). The summed E-state index contributed by atoms with van der Waals surface area (Å²) in [4.78, 5) is 12.9. The molecule has 0 fully saturated rings. The molecule has 0 radical (unpaired) electrons. The van der Waals surface area contributed by atoms with Gasteiger partial charge in [-0.1, -0.05) is 37.3 Å². The van der Waals surface area contributed by atoms with Gasteiger partial charge in [-0.15, -0.1) is 0 Å². The number of nitrogens with one attached hydrogen (secondary N) is 1. The summed E-state index contributed by atoms with van der Waals surface area (Å²) in [6.45, 7) is 8.26. The molecule has 164 valence electrons. The SMILES string of the molecule is CCC(C(=O)NCCSCc1ccccc1C)N(c1cc(C)cc(C)c1)S(C)(=O)=O. The Hall–Kier alpha value is -1.99. The van der Waals surface area contributed by atoms with Crippen LogP contribution in [0.2, 0.25) is 0 Å². The van der Waals surface area contributed by atoms with Gasteiger partial charge in [0.05, 0.1) is 11.9 Å². The van der Waals surface area contributed by atoms with E-state index in [1.807, 2.05) is 51.1 Å². The molecule has 0 aliphatic carbocycles. The maximum atomic E-state index is 12.9. The minimum absolute atomic E-state index is 0.265. The van der Waals surface area contributed by atoms with Crippen molar-refractivity contribution in [2.45, 2.75) is 45.9 Å². The summed E-state index contributed by atoms with van der Waals surface area (Å²) >= 11 is 1.75. The number of sulfonamides is 1. The lowest BCUT2D eigenvalue weighted by Gasteiger charge is -2.30. The van der Waals surface area contributed by atoms with Crippen molar-refractivity contribution in [2.75, 3.05) is 22.9 Å². The molecule has 2 aromatic carbocycles.